The Morgan fingerprint density at radius 3 is 2.42 bits per heavy atom. The molecule has 26 heavy (non-hydrogen) atoms. The largest absolute Gasteiger partial charge is 0.271 e. The van der Waals surface area contributed by atoms with Gasteiger partial charge in [0.05, 0.1) is 12.2 Å². The molecule has 0 bridgehead atoms. The molecule has 4 rings (SSSR count). The van der Waals surface area contributed by atoms with Gasteiger partial charge in [0.1, 0.15) is 5.82 Å². The summed E-state index contributed by atoms with van der Waals surface area (Å²) in [5, 5.41) is 9.50. The van der Waals surface area contributed by atoms with Crippen LogP contribution in [0, 0.1) is 19.7 Å². The molecule has 0 aromatic heterocycles. The maximum Gasteiger partial charge on any atom is 0.263 e. The number of fused-ring (bicyclic) bond motifs is 1. The first-order valence-electron chi connectivity index (χ1n) is 8.32. The van der Waals surface area contributed by atoms with Crippen LogP contribution in [-0.2, 0) is 16.1 Å². The van der Waals surface area contributed by atoms with Crippen LogP contribution >= 0.6 is 0 Å². The van der Waals surface area contributed by atoms with E-state index in [1.54, 1.807) is 18.2 Å². The lowest BCUT2D eigenvalue weighted by molar-refractivity contribution is -0.123. The summed E-state index contributed by atoms with van der Waals surface area (Å²) in [5.41, 5.74) is 3.43. The van der Waals surface area contributed by atoms with Crippen LogP contribution in [-0.4, -0.2) is 28.9 Å². The molecular formula is C19H17FN4O2. The van der Waals surface area contributed by atoms with E-state index in [0.717, 1.165) is 16.7 Å². The zero-order chi connectivity index (χ0) is 18.4. The molecule has 0 aliphatic carbocycles. The van der Waals surface area contributed by atoms with Gasteiger partial charge < -0.3 is 0 Å². The van der Waals surface area contributed by atoms with Crippen molar-refractivity contribution < 1.29 is 14.0 Å². The zero-order valence-corrected chi connectivity index (χ0v) is 14.4. The van der Waals surface area contributed by atoms with Crippen LogP contribution in [0.5, 0.6) is 0 Å². The van der Waals surface area contributed by atoms with Crippen molar-refractivity contribution in [2.75, 3.05) is 4.90 Å². The summed E-state index contributed by atoms with van der Waals surface area (Å²) in [6, 6.07) is 9.84. The van der Waals surface area contributed by atoms with Crippen molar-refractivity contribution in [3.05, 3.63) is 65.0 Å². The van der Waals surface area contributed by atoms with Crippen LogP contribution in [0.3, 0.4) is 0 Å². The number of amides is 2. The first kappa shape index (κ1) is 16.4. The summed E-state index contributed by atoms with van der Waals surface area (Å²) >= 11 is 0. The van der Waals surface area contributed by atoms with Gasteiger partial charge in [-0.1, -0.05) is 23.4 Å². The Labute approximate surface area is 149 Å². The van der Waals surface area contributed by atoms with Crippen LogP contribution in [0.4, 0.5) is 10.1 Å². The average molecular weight is 352 g/mol. The normalized spacial score (nSPS) is 21.7. The van der Waals surface area contributed by atoms with Gasteiger partial charge in [-0.3, -0.25) is 14.6 Å². The maximum absolute atomic E-state index is 13.1. The van der Waals surface area contributed by atoms with E-state index in [4.69, 9.17) is 0 Å². The molecule has 132 valence electrons. The van der Waals surface area contributed by atoms with Gasteiger partial charge in [0, 0.05) is 0 Å². The van der Waals surface area contributed by atoms with Crippen molar-refractivity contribution >= 4 is 17.5 Å². The van der Waals surface area contributed by atoms with E-state index in [1.165, 1.54) is 22.0 Å². The van der Waals surface area contributed by atoms with Crippen molar-refractivity contribution in [1.29, 1.82) is 0 Å². The van der Waals surface area contributed by atoms with Crippen molar-refractivity contribution in [3.63, 3.8) is 0 Å². The molecule has 2 aliphatic rings. The van der Waals surface area contributed by atoms with E-state index < -0.39 is 12.1 Å². The van der Waals surface area contributed by atoms with Gasteiger partial charge in [-0.2, -0.15) is 5.11 Å². The number of carbonyl (C=O) groups is 2. The van der Waals surface area contributed by atoms with Gasteiger partial charge in [-0.15, -0.1) is 0 Å². The highest BCUT2D eigenvalue weighted by molar-refractivity contribution is 6.25. The van der Waals surface area contributed by atoms with Gasteiger partial charge in [-0.25, -0.2) is 9.29 Å². The number of benzene rings is 2. The Morgan fingerprint density at radius 2 is 1.73 bits per heavy atom. The minimum absolute atomic E-state index is 0.282. The number of carbonyl (C=O) groups excluding carboxylic acids is 2. The van der Waals surface area contributed by atoms with Crippen LogP contribution in [0.1, 0.15) is 16.7 Å². The number of nitrogens with zero attached hydrogens (tertiary/aromatic N) is 4. The fourth-order valence-electron chi connectivity index (χ4n) is 3.25. The molecule has 6 nitrogen and oxygen atoms in total. The second kappa shape index (κ2) is 6.01. The zero-order valence-electron chi connectivity index (χ0n) is 14.4. The molecule has 2 heterocycles. The monoisotopic (exact) mass is 352 g/mol. The number of aryl methyl sites for hydroxylation is 2. The van der Waals surface area contributed by atoms with Gasteiger partial charge in [0.15, 0.2) is 12.1 Å². The lowest BCUT2D eigenvalue weighted by atomic mass is 10.1. The third-order valence-electron chi connectivity index (χ3n) is 4.86. The first-order chi connectivity index (χ1) is 12.5. The van der Waals surface area contributed by atoms with Crippen LogP contribution in [0.25, 0.3) is 0 Å². The van der Waals surface area contributed by atoms with E-state index in [0.29, 0.717) is 5.69 Å². The van der Waals surface area contributed by atoms with Crippen LogP contribution in [0.2, 0.25) is 0 Å². The van der Waals surface area contributed by atoms with Crippen molar-refractivity contribution in [2.24, 2.45) is 10.3 Å². The van der Waals surface area contributed by atoms with Crippen molar-refractivity contribution in [2.45, 2.75) is 32.5 Å². The molecule has 2 aromatic rings. The third-order valence-corrected chi connectivity index (χ3v) is 4.86. The predicted octanol–water partition coefficient (Wildman–Crippen LogP) is 2.94. The smallest absolute Gasteiger partial charge is 0.263 e. The summed E-state index contributed by atoms with van der Waals surface area (Å²) in [6.45, 7) is 4.19. The van der Waals surface area contributed by atoms with Crippen LogP contribution in [0.15, 0.2) is 52.8 Å². The molecule has 0 unspecified atom stereocenters. The Bertz CT molecular complexity index is 926. The van der Waals surface area contributed by atoms with Gasteiger partial charge >= 0.3 is 0 Å². The van der Waals surface area contributed by atoms with Gasteiger partial charge in [0.25, 0.3) is 11.8 Å². The number of hydrogen-bond acceptors (Lipinski definition) is 5. The summed E-state index contributed by atoms with van der Waals surface area (Å²) in [6.07, 6.45) is 0. The molecule has 1 fully saturated rings. The number of anilines is 1. The number of imide groups is 1. The minimum Gasteiger partial charge on any atom is -0.271 e. The van der Waals surface area contributed by atoms with E-state index >= 15 is 0 Å². The topological polar surface area (TPSA) is 65.3 Å². The minimum atomic E-state index is -0.829. The lowest BCUT2D eigenvalue weighted by Gasteiger charge is -2.21. The molecule has 0 saturated carbocycles. The maximum atomic E-state index is 13.1. The Kier molecular flexibility index (Phi) is 3.79. The fourth-order valence-corrected chi connectivity index (χ4v) is 3.25. The molecular weight excluding hydrogens is 335 g/mol. The predicted molar refractivity (Wildman–Crippen MR) is 92.8 cm³/mol. The summed E-state index contributed by atoms with van der Waals surface area (Å²) < 4.78 is 13.1. The van der Waals surface area contributed by atoms with E-state index in [1.807, 2.05) is 26.0 Å². The molecule has 0 N–H and O–H groups in total. The second-order valence-corrected chi connectivity index (χ2v) is 6.60. The molecule has 0 spiro atoms. The highest BCUT2D eigenvalue weighted by atomic mass is 19.1. The standard InChI is InChI=1S/C19H17FN4O2/c1-11-3-8-15(9-12(11)2)24-18(25)16-17(19(24)26)23(22-21-16)10-13-4-6-14(20)7-5-13/h3-9,16-17H,10H2,1-2H3/t16-,17+/m0/s1. The second-order valence-electron chi connectivity index (χ2n) is 6.60. The highest BCUT2D eigenvalue weighted by Gasteiger charge is 2.54. The molecule has 2 aliphatic heterocycles. The van der Waals surface area contributed by atoms with E-state index in [9.17, 15) is 14.0 Å². The van der Waals surface area contributed by atoms with E-state index in [2.05, 4.69) is 10.3 Å². The summed E-state index contributed by atoms with van der Waals surface area (Å²) in [5.74, 6) is -1.04. The number of halogens is 1. The van der Waals surface area contributed by atoms with Crippen molar-refractivity contribution in [3.8, 4) is 0 Å². The molecule has 1 saturated heterocycles. The molecule has 2 aromatic carbocycles. The van der Waals surface area contributed by atoms with Gasteiger partial charge in [0.2, 0.25) is 0 Å². The third kappa shape index (κ3) is 2.56. The number of rotatable bonds is 3. The lowest BCUT2D eigenvalue weighted by Crippen LogP contribution is -2.39. The summed E-state index contributed by atoms with van der Waals surface area (Å²) in [4.78, 5) is 26.8. The first-order valence-corrected chi connectivity index (χ1v) is 8.32. The van der Waals surface area contributed by atoms with Gasteiger partial charge in [-0.05, 0) is 54.8 Å². The van der Waals surface area contributed by atoms with E-state index in [-0.39, 0.29) is 24.2 Å². The molecule has 7 heteroatoms. The fraction of sp³-hybridized carbons (Fsp3) is 0.263. The molecule has 2 amide bonds. The average Bonchev–Trinajstić information content (AvgIpc) is 3.13. The summed E-state index contributed by atoms with van der Waals surface area (Å²) in [7, 11) is 0. The molecule has 2 atom stereocenters. The molecule has 0 radical (unpaired) electrons. The quantitative estimate of drug-likeness (QED) is 0.798. The SMILES string of the molecule is Cc1ccc(N2C(=O)[C@H]3N=NN(Cc4ccc(F)cc4)[C@H]3C2=O)cc1C. The Morgan fingerprint density at radius 1 is 1.00 bits per heavy atom. The highest BCUT2D eigenvalue weighted by Crippen LogP contribution is 2.33. The van der Waals surface area contributed by atoms with Crippen molar-refractivity contribution in [1.82, 2.24) is 5.01 Å². The number of hydrogen-bond donors (Lipinski definition) is 0. The van der Waals surface area contributed by atoms with Crippen LogP contribution < -0.4 is 4.90 Å². The Hall–Kier alpha value is -3.09. The Balaban J connectivity index is 1.60.